The molecule has 0 amide bonds. The van der Waals surface area contributed by atoms with E-state index in [-0.39, 0.29) is 34.8 Å². The molecule has 29 heavy (non-hydrogen) atoms. The lowest BCUT2D eigenvalue weighted by Gasteiger charge is -2.27. The zero-order valence-electron chi connectivity index (χ0n) is 16.1. The molecule has 0 spiro atoms. The highest BCUT2D eigenvalue weighted by molar-refractivity contribution is 5.90. The second-order valence-corrected chi connectivity index (χ2v) is 7.05. The van der Waals surface area contributed by atoms with Gasteiger partial charge in [0.15, 0.2) is 5.69 Å². The number of hydrogen-bond donors (Lipinski definition) is 1. The minimum atomic E-state index is -4.52. The molecule has 6 nitrogen and oxygen atoms in total. The topological polar surface area (TPSA) is 77.2 Å². The number of aryl methyl sites for hydroxylation is 1. The van der Waals surface area contributed by atoms with Crippen LogP contribution in [-0.4, -0.2) is 38.6 Å². The smallest absolute Gasteiger partial charge is 0.394 e. The summed E-state index contributed by atoms with van der Waals surface area (Å²) >= 11 is 0. The predicted octanol–water partition coefficient (Wildman–Crippen LogP) is 4.70. The molecular weight excluding hydrogens is 401 g/mol. The summed E-state index contributed by atoms with van der Waals surface area (Å²) in [6.45, 7) is 2.06. The van der Waals surface area contributed by atoms with Crippen LogP contribution in [0.15, 0.2) is 12.3 Å². The van der Waals surface area contributed by atoms with Gasteiger partial charge in [-0.3, -0.25) is 9.67 Å². The number of carboxylic acid groups (broad SMARTS) is 1. The summed E-state index contributed by atoms with van der Waals surface area (Å²) in [6.07, 6.45) is -3.98. The largest absolute Gasteiger partial charge is 0.476 e. The van der Waals surface area contributed by atoms with Gasteiger partial charge in [-0.15, -0.1) is 0 Å². The quantitative estimate of drug-likeness (QED) is 0.656. The van der Waals surface area contributed by atoms with Crippen molar-refractivity contribution in [1.82, 2.24) is 14.8 Å². The van der Waals surface area contributed by atoms with Crippen molar-refractivity contribution in [3.8, 4) is 17.0 Å². The van der Waals surface area contributed by atoms with Crippen molar-refractivity contribution in [3.05, 3.63) is 29.2 Å². The molecule has 0 saturated heterocycles. The third kappa shape index (κ3) is 4.65. The molecule has 2 rings (SSSR count). The molecule has 0 atom stereocenters. The van der Waals surface area contributed by atoms with Gasteiger partial charge >= 0.3 is 18.8 Å². The van der Waals surface area contributed by atoms with Crippen LogP contribution in [0.3, 0.4) is 0 Å². The Morgan fingerprint density at radius 1 is 1.31 bits per heavy atom. The third-order valence-electron chi connectivity index (χ3n) is 4.48. The molecule has 11 heteroatoms. The SMILES string of the molecule is CCn1nc(C(=O)O)c(C)c1-c1cnc(CC(C)(C)C(F)(F)F)cc1OC(F)F. The molecule has 0 unspecified atom stereocenters. The van der Waals surface area contributed by atoms with E-state index in [0.717, 1.165) is 26.1 Å². The molecule has 1 N–H and O–H groups in total. The lowest BCUT2D eigenvalue weighted by atomic mass is 9.86. The summed E-state index contributed by atoms with van der Waals surface area (Å²) in [4.78, 5) is 15.3. The average Bonchev–Trinajstić information content (AvgIpc) is 2.90. The number of alkyl halides is 5. The summed E-state index contributed by atoms with van der Waals surface area (Å²) in [5, 5.41) is 13.2. The highest BCUT2D eigenvalue weighted by atomic mass is 19.4. The van der Waals surface area contributed by atoms with E-state index in [0.29, 0.717) is 0 Å². The lowest BCUT2D eigenvalue weighted by molar-refractivity contribution is -0.211. The van der Waals surface area contributed by atoms with E-state index in [1.165, 1.54) is 11.6 Å². The molecule has 0 radical (unpaired) electrons. The number of nitrogens with zero attached hydrogens (tertiary/aromatic N) is 3. The van der Waals surface area contributed by atoms with Crippen molar-refractivity contribution in [2.24, 2.45) is 5.41 Å². The van der Waals surface area contributed by atoms with E-state index in [9.17, 15) is 31.9 Å². The van der Waals surface area contributed by atoms with Crippen molar-refractivity contribution in [2.75, 3.05) is 0 Å². The number of carboxylic acids is 1. The number of hydrogen-bond acceptors (Lipinski definition) is 4. The van der Waals surface area contributed by atoms with Gasteiger partial charge in [-0.1, -0.05) is 13.8 Å². The maximum absolute atomic E-state index is 13.2. The van der Waals surface area contributed by atoms with Crippen LogP contribution in [0.5, 0.6) is 5.75 Å². The van der Waals surface area contributed by atoms with Crippen LogP contribution in [-0.2, 0) is 13.0 Å². The minimum Gasteiger partial charge on any atom is -0.476 e. The number of ether oxygens (including phenoxy) is 1. The Hall–Kier alpha value is -2.72. The van der Waals surface area contributed by atoms with Gasteiger partial charge in [0.05, 0.1) is 16.7 Å². The Morgan fingerprint density at radius 3 is 2.41 bits per heavy atom. The maximum Gasteiger partial charge on any atom is 0.394 e. The normalized spacial score (nSPS) is 12.5. The fraction of sp³-hybridized carbons (Fsp3) is 0.500. The van der Waals surface area contributed by atoms with Gasteiger partial charge in [0.1, 0.15) is 5.75 Å². The lowest BCUT2D eigenvalue weighted by Crippen LogP contribution is -2.34. The van der Waals surface area contributed by atoms with E-state index >= 15 is 0 Å². The monoisotopic (exact) mass is 421 g/mol. The molecule has 2 aromatic heterocycles. The zero-order valence-corrected chi connectivity index (χ0v) is 16.1. The first-order valence-electron chi connectivity index (χ1n) is 8.60. The third-order valence-corrected chi connectivity index (χ3v) is 4.48. The van der Waals surface area contributed by atoms with Gasteiger partial charge in [-0.25, -0.2) is 4.79 Å². The van der Waals surface area contributed by atoms with Crippen molar-refractivity contribution in [3.63, 3.8) is 0 Å². The Morgan fingerprint density at radius 2 is 1.93 bits per heavy atom. The molecule has 0 aromatic carbocycles. The number of carbonyl (C=O) groups is 1. The number of aromatic carboxylic acids is 1. The first-order valence-corrected chi connectivity index (χ1v) is 8.60. The fourth-order valence-electron chi connectivity index (χ4n) is 2.82. The molecule has 2 heterocycles. The van der Waals surface area contributed by atoms with Crippen LogP contribution in [0, 0.1) is 12.3 Å². The van der Waals surface area contributed by atoms with Gasteiger partial charge in [0.2, 0.25) is 0 Å². The molecule has 0 bridgehead atoms. The fourth-order valence-corrected chi connectivity index (χ4v) is 2.82. The van der Waals surface area contributed by atoms with Crippen LogP contribution in [0.1, 0.15) is 42.5 Å². The van der Waals surface area contributed by atoms with E-state index in [4.69, 9.17) is 0 Å². The summed E-state index contributed by atoms with van der Waals surface area (Å²) in [5.74, 6) is -1.71. The van der Waals surface area contributed by atoms with Gasteiger partial charge in [-0.2, -0.15) is 27.1 Å². The molecular formula is C18H20F5N3O3. The molecule has 0 aliphatic heterocycles. The van der Waals surface area contributed by atoms with Crippen LogP contribution in [0.25, 0.3) is 11.3 Å². The molecule has 2 aromatic rings. The average molecular weight is 421 g/mol. The van der Waals surface area contributed by atoms with Crippen LogP contribution in [0.4, 0.5) is 22.0 Å². The van der Waals surface area contributed by atoms with Gasteiger partial charge in [0, 0.05) is 36.5 Å². The standard InChI is InChI=1S/C18H20F5N3O3/c1-5-26-14(9(2)13(25-26)15(27)28)11-8-24-10(6-12(11)29-16(19)20)7-17(3,4)18(21,22)23/h6,8,16H,5,7H2,1-4H3,(H,27,28). The van der Waals surface area contributed by atoms with E-state index < -0.39 is 36.3 Å². The second-order valence-electron chi connectivity index (χ2n) is 7.05. The molecule has 0 saturated carbocycles. The summed E-state index contributed by atoms with van der Waals surface area (Å²) in [6, 6.07) is 1.02. The van der Waals surface area contributed by atoms with Gasteiger partial charge < -0.3 is 9.84 Å². The van der Waals surface area contributed by atoms with Crippen LogP contribution >= 0.6 is 0 Å². The van der Waals surface area contributed by atoms with Gasteiger partial charge in [0.25, 0.3) is 0 Å². The Labute approximate surface area is 163 Å². The van der Waals surface area contributed by atoms with Crippen molar-refractivity contribution in [2.45, 2.75) is 53.4 Å². The molecule has 0 fully saturated rings. The molecule has 0 aliphatic rings. The Balaban J connectivity index is 2.61. The number of aromatic nitrogens is 3. The first kappa shape index (κ1) is 22.6. The van der Waals surface area contributed by atoms with Crippen molar-refractivity contribution in [1.29, 1.82) is 0 Å². The van der Waals surface area contributed by atoms with E-state index in [1.54, 1.807) is 6.92 Å². The van der Waals surface area contributed by atoms with Crippen molar-refractivity contribution < 1.29 is 36.6 Å². The number of pyridine rings is 1. The Bertz CT molecular complexity index is 907. The van der Waals surface area contributed by atoms with Gasteiger partial charge in [-0.05, 0) is 13.8 Å². The second kappa shape index (κ2) is 7.96. The minimum absolute atomic E-state index is 0.0122. The number of halogens is 5. The summed E-state index contributed by atoms with van der Waals surface area (Å²) in [5.41, 5.74) is -2.10. The van der Waals surface area contributed by atoms with Crippen LogP contribution in [0.2, 0.25) is 0 Å². The predicted molar refractivity (Wildman–Crippen MR) is 93.0 cm³/mol. The summed E-state index contributed by atoms with van der Waals surface area (Å²) in [7, 11) is 0. The molecule has 160 valence electrons. The highest BCUT2D eigenvalue weighted by Gasteiger charge is 2.47. The molecule has 0 aliphatic carbocycles. The Kier molecular flexibility index (Phi) is 6.19. The van der Waals surface area contributed by atoms with Crippen molar-refractivity contribution >= 4 is 5.97 Å². The highest BCUT2D eigenvalue weighted by Crippen LogP contribution is 2.41. The summed E-state index contributed by atoms with van der Waals surface area (Å²) < 4.78 is 71.2. The van der Waals surface area contributed by atoms with E-state index in [1.807, 2.05) is 0 Å². The van der Waals surface area contributed by atoms with Crippen LogP contribution < -0.4 is 4.74 Å². The zero-order chi connectivity index (χ0) is 22.1. The number of rotatable bonds is 7. The first-order chi connectivity index (χ1) is 13.3. The van der Waals surface area contributed by atoms with E-state index in [2.05, 4.69) is 14.8 Å². The maximum atomic E-state index is 13.2.